The van der Waals surface area contributed by atoms with Crippen LogP contribution in [0.1, 0.15) is 17.3 Å². The van der Waals surface area contributed by atoms with Crippen LogP contribution in [0.4, 0.5) is 13.2 Å². The average Bonchev–Trinajstić information content (AvgIpc) is 2.95. The molecule has 1 heterocycles. The van der Waals surface area contributed by atoms with E-state index in [0.29, 0.717) is 22.2 Å². The van der Waals surface area contributed by atoms with Crippen molar-refractivity contribution in [3.63, 3.8) is 0 Å². The van der Waals surface area contributed by atoms with Crippen LogP contribution in [-0.4, -0.2) is 23.8 Å². The summed E-state index contributed by atoms with van der Waals surface area (Å²) >= 11 is 0. The Bertz CT molecular complexity index is 998. The van der Waals surface area contributed by atoms with Crippen molar-refractivity contribution in [3.8, 4) is 17.0 Å². The maximum absolute atomic E-state index is 13.5. The third kappa shape index (κ3) is 2.87. The lowest BCUT2D eigenvalue weighted by Crippen LogP contribution is -2.12. The molecule has 0 aliphatic carbocycles. The first-order valence-electron chi connectivity index (χ1n) is 7.81. The summed E-state index contributed by atoms with van der Waals surface area (Å²) in [5.41, 5.74) is -0.0273. The van der Waals surface area contributed by atoms with Gasteiger partial charge in [-0.1, -0.05) is 24.8 Å². The van der Waals surface area contributed by atoms with Gasteiger partial charge in [0.15, 0.2) is 0 Å². The number of hydrogen-bond acceptors (Lipinski definition) is 2. The summed E-state index contributed by atoms with van der Waals surface area (Å²) in [6, 6.07) is 13.0. The summed E-state index contributed by atoms with van der Waals surface area (Å²) in [5, 5.41) is 0.329. The Balaban J connectivity index is 2.43. The third-order valence-corrected chi connectivity index (χ3v) is 4.20. The minimum absolute atomic E-state index is 0.0894. The second kappa shape index (κ2) is 6.37. The van der Waals surface area contributed by atoms with Gasteiger partial charge in [0.2, 0.25) is 5.91 Å². The van der Waals surface area contributed by atoms with E-state index in [9.17, 15) is 18.0 Å². The van der Waals surface area contributed by atoms with Crippen LogP contribution in [0, 0.1) is 0 Å². The molecule has 0 aliphatic heterocycles. The fraction of sp³-hybridized carbons (Fsp3) is 0.150. The van der Waals surface area contributed by atoms with Crippen LogP contribution in [0.15, 0.2) is 55.1 Å². The largest absolute Gasteiger partial charge is 0.497 e. The Morgan fingerprint density at radius 2 is 1.69 bits per heavy atom. The highest BCUT2D eigenvalue weighted by atomic mass is 19.4. The number of carbonyl (C=O) groups is 1. The zero-order valence-corrected chi connectivity index (χ0v) is 14.2. The Morgan fingerprint density at radius 1 is 1.08 bits per heavy atom. The number of hydrogen-bond donors (Lipinski definition) is 0. The molecule has 0 saturated carbocycles. The van der Waals surface area contributed by atoms with Gasteiger partial charge < -0.3 is 4.74 Å². The van der Waals surface area contributed by atoms with Gasteiger partial charge in [0, 0.05) is 17.9 Å². The minimum Gasteiger partial charge on any atom is -0.497 e. The summed E-state index contributed by atoms with van der Waals surface area (Å²) in [5.74, 6) is 0.184. The minimum atomic E-state index is -4.62. The average molecular weight is 359 g/mol. The number of allylic oxidation sites excluding steroid dienone is 1. The number of nitrogens with zero attached hydrogens (tertiary/aromatic N) is 1. The molecule has 3 nitrogen and oxygen atoms in total. The molecule has 0 N–H and O–H groups in total. The molecular formula is C20H16F3NO2. The van der Waals surface area contributed by atoms with E-state index in [4.69, 9.17) is 4.74 Å². The summed E-state index contributed by atoms with van der Waals surface area (Å²) < 4.78 is 46.8. The topological polar surface area (TPSA) is 31.2 Å². The summed E-state index contributed by atoms with van der Waals surface area (Å²) in [6.45, 7) is 4.58. The molecule has 26 heavy (non-hydrogen) atoms. The van der Waals surface area contributed by atoms with Crippen LogP contribution in [0.5, 0.6) is 5.75 Å². The highest BCUT2D eigenvalue weighted by Crippen LogP contribution is 2.43. The summed E-state index contributed by atoms with van der Waals surface area (Å²) in [6.07, 6.45) is -4.62. The van der Waals surface area contributed by atoms with Crippen molar-refractivity contribution in [2.45, 2.75) is 13.1 Å². The van der Waals surface area contributed by atoms with Crippen LogP contribution >= 0.6 is 0 Å². The smallest absolute Gasteiger partial charge is 0.416 e. The number of methoxy groups -OCH3 is 1. The van der Waals surface area contributed by atoms with E-state index >= 15 is 0 Å². The summed E-state index contributed by atoms with van der Waals surface area (Å²) in [4.78, 5) is 12.3. The van der Waals surface area contributed by atoms with Crippen molar-refractivity contribution in [2.24, 2.45) is 0 Å². The van der Waals surface area contributed by atoms with E-state index < -0.39 is 11.7 Å². The van der Waals surface area contributed by atoms with Gasteiger partial charge in [-0.15, -0.1) is 0 Å². The standard InChI is InChI=1S/C20H16F3NO2/c1-12(20(21,22)23)18-16-6-4-5-7-17(16)24(13(2)25)19(18)14-8-10-15(26-3)11-9-14/h4-11H,1H2,2-3H3. The number of halogens is 3. The molecule has 0 aliphatic rings. The molecule has 134 valence electrons. The Morgan fingerprint density at radius 3 is 2.23 bits per heavy atom. The highest BCUT2D eigenvalue weighted by Gasteiger charge is 2.37. The number of alkyl halides is 3. The second-order valence-electron chi connectivity index (χ2n) is 5.80. The van der Waals surface area contributed by atoms with E-state index in [0.717, 1.165) is 0 Å². The van der Waals surface area contributed by atoms with Crippen LogP contribution in [0.25, 0.3) is 27.7 Å². The van der Waals surface area contributed by atoms with Crippen molar-refractivity contribution < 1.29 is 22.7 Å². The number of carbonyl (C=O) groups excluding carboxylic acids is 1. The lowest BCUT2D eigenvalue weighted by molar-refractivity contribution is -0.0685. The fourth-order valence-electron chi connectivity index (χ4n) is 3.04. The first-order valence-corrected chi connectivity index (χ1v) is 7.81. The van der Waals surface area contributed by atoms with Gasteiger partial charge in [0.05, 0.1) is 23.9 Å². The monoisotopic (exact) mass is 359 g/mol. The second-order valence-corrected chi connectivity index (χ2v) is 5.80. The molecule has 3 rings (SSSR count). The highest BCUT2D eigenvalue weighted by molar-refractivity contribution is 6.06. The molecule has 0 radical (unpaired) electrons. The predicted molar refractivity (Wildman–Crippen MR) is 95.3 cm³/mol. The molecule has 0 fully saturated rings. The van der Waals surface area contributed by atoms with Gasteiger partial charge in [-0.2, -0.15) is 13.2 Å². The van der Waals surface area contributed by atoms with Gasteiger partial charge >= 0.3 is 6.18 Å². The molecule has 6 heteroatoms. The number of aromatic nitrogens is 1. The summed E-state index contributed by atoms with van der Waals surface area (Å²) in [7, 11) is 1.50. The maximum Gasteiger partial charge on any atom is 0.416 e. The van der Waals surface area contributed by atoms with Crippen LogP contribution < -0.4 is 4.74 Å². The molecular weight excluding hydrogens is 343 g/mol. The molecule has 3 aromatic rings. The third-order valence-electron chi connectivity index (χ3n) is 4.20. The normalized spacial score (nSPS) is 11.6. The number of ether oxygens (including phenoxy) is 1. The van der Waals surface area contributed by atoms with Crippen molar-refractivity contribution in [1.29, 1.82) is 0 Å². The van der Waals surface area contributed by atoms with E-state index in [1.807, 2.05) is 0 Å². The fourth-order valence-corrected chi connectivity index (χ4v) is 3.04. The molecule has 0 bridgehead atoms. The first kappa shape index (κ1) is 17.8. The molecule has 0 atom stereocenters. The lowest BCUT2D eigenvalue weighted by atomic mass is 9.99. The number of rotatable bonds is 3. The van der Waals surface area contributed by atoms with E-state index in [1.165, 1.54) is 18.6 Å². The molecule has 0 unspecified atom stereocenters. The van der Waals surface area contributed by atoms with Gasteiger partial charge in [-0.3, -0.25) is 9.36 Å². The van der Waals surface area contributed by atoms with Gasteiger partial charge in [0.1, 0.15) is 5.75 Å². The van der Waals surface area contributed by atoms with Crippen LogP contribution in [-0.2, 0) is 0 Å². The van der Waals surface area contributed by atoms with E-state index in [-0.39, 0.29) is 17.2 Å². The number of benzene rings is 2. The van der Waals surface area contributed by atoms with E-state index in [2.05, 4.69) is 6.58 Å². The number of para-hydroxylation sites is 1. The van der Waals surface area contributed by atoms with Crippen molar-refractivity contribution in [1.82, 2.24) is 4.57 Å². The molecule has 2 aromatic carbocycles. The Kier molecular flexibility index (Phi) is 4.36. The number of fused-ring (bicyclic) bond motifs is 1. The molecule has 0 spiro atoms. The zero-order chi connectivity index (χ0) is 19.1. The van der Waals surface area contributed by atoms with Crippen LogP contribution in [0.2, 0.25) is 0 Å². The van der Waals surface area contributed by atoms with Gasteiger partial charge in [0.25, 0.3) is 0 Å². The van der Waals surface area contributed by atoms with Crippen molar-refractivity contribution in [3.05, 3.63) is 60.7 Å². The maximum atomic E-state index is 13.5. The molecule has 0 saturated heterocycles. The Hall–Kier alpha value is -3.02. The SMILES string of the molecule is C=C(c1c(-c2ccc(OC)cc2)n(C(C)=O)c2ccccc12)C(F)(F)F. The van der Waals surface area contributed by atoms with Gasteiger partial charge in [-0.25, -0.2) is 0 Å². The van der Waals surface area contributed by atoms with Crippen molar-refractivity contribution in [2.75, 3.05) is 7.11 Å². The van der Waals surface area contributed by atoms with E-state index in [1.54, 1.807) is 48.5 Å². The first-order chi connectivity index (χ1) is 12.3. The van der Waals surface area contributed by atoms with Crippen molar-refractivity contribution >= 4 is 22.4 Å². The Labute approximate surface area is 148 Å². The quantitative estimate of drug-likeness (QED) is 0.614. The molecule has 1 aromatic heterocycles. The zero-order valence-electron chi connectivity index (χ0n) is 14.2. The van der Waals surface area contributed by atoms with Gasteiger partial charge in [-0.05, 0) is 35.9 Å². The lowest BCUT2D eigenvalue weighted by Gasteiger charge is -2.14. The predicted octanol–water partition coefficient (Wildman–Crippen LogP) is 5.55. The molecule has 0 amide bonds. The van der Waals surface area contributed by atoms with Crippen LogP contribution in [0.3, 0.4) is 0 Å².